The van der Waals surface area contributed by atoms with Gasteiger partial charge in [-0.05, 0) is 48.4 Å². The Morgan fingerprint density at radius 3 is 2.50 bits per heavy atom. The summed E-state index contributed by atoms with van der Waals surface area (Å²) in [6, 6.07) is 23.5. The van der Waals surface area contributed by atoms with Crippen LogP contribution in [0.5, 0.6) is 11.5 Å². The summed E-state index contributed by atoms with van der Waals surface area (Å²) in [6.45, 7) is 5.04. The highest BCUT2D eigenvalue weighted by atomic mass is 32.1. The number of hydrogen-bond acceptors (Lipinski definition) is 5. The largest absolute Gasteiger partial charge is 0.457 e. The van der Waals surface area contributed by atoms with Crippen LogP contribution in [0.25, 0.3) is 10.2 Å². The lowest BCUT2D eigenvalue weighted by molar-refractivity contribution is 0.0744. The molecule has 0 atom stereocenters. The highest BCUT2D eigenvalue weighted by Gasteiger charge is 2.26. The van der Waals surface area contributed by atoms with Crippen LogP contribution in [-0.4, -0.2) is 42.0 Å². The summed E-state index contributed by atoms with van der Waals surface area (Å²) in [4.78, 5) is 22.3. The van der Waals surface area contributed by atoms with Gasteiger partial charge in [0, 0.05) is 26.2 Å². The zero-order valence-electron chi connectivity index (χ0n) is 18.0. The van der Waals surface area contributed by atoms with Crippen LogP contribution < -0.4 is 9.64 Å². The SMILES string of the molecule is CCc1ccc2nc(N3CCN(C(=O)c4ccccc4Oc4ccccc4)CC3)sc2c1. The molecule has 1 aliphatic rings. The number of rotatable bonds is 5. The Balaban J connectivity index is 1.28. The van der Waals surface area contributed by atoms with Crippen LogP contribution in [0.4, 0.5) is 5.13 Å². The van der Waals surface area contributed by atoms with E-state index in [1.165, 1.54) is 10.3 Å². The van der Waals surface area contributed by atoms with E-state index in [1.807, 2.05) is 59.5 Å². The third-order valence-electron chi connectivity index (χ3n) is 5.78. The fourth-order valence-corrected chi connectivity index (χ4v) is 5.01. The molecule has 32 heavy (non-hydrogen) atoms. The third kappa shape index (κ3) is 4.18. The van der Waals surface area contributed by atoms with Gasteiger partial charge in [0.25, 0.3) is 5.91 Å². The zero-order chi connectivity index (χ0) is 21.9. The predicted octanol–water partition coefficient (Wildman–Crippen LogP) is 5.61. The molecule has 5 rings (SSSR count). The van der Waals surface area contributed by atoms with E-state index in [0.29, 0.717) is 24.4 Å². The van der Waals surface area contributed by atoms with Crippen molar-refractivity contribution in [3.63, 3.8) is 0 Å². The summed E-state index contributed by atoms with van der Waals surface area (Å²) >= 11 is 1.73. The van der Waals surface area contributed by atoms with Crippen LogP contribution in [0.15, 0.2) is 72.8 Å². The van der Waals surface area contributed by atoms with Gasteiger partial charge in [0.15, 0.2) is 5.13 Å². The van der Waals surface area contributed by atoms with Gasteiger partial charge in [-0.3, -0.25) is 4.79 Å². The number of fused-ring (bicyclic) bond motifs is 1. The van der Waals surface area contributed by atoms with Crippen molar-refractivity contribution in [3.05, 3.63) is 83.9 Å². The molecule has 0 saturated carbocycles. The molecule has 1 fully saturated rings. The molecule has 3 aromatic carbocycles. The fraction of sp³-hybridized carbons (Fsp3) is 0.231. The molecule has 0 N–H and O–H groups in total. The number of carbonyl (C=O) groups excluding carboxylic acids is 1. The highest BCUT2D eigenvalue weighted by molar-refractivity contribution is 7.22. The Kier molecular flexibility index (Phi) is 5.77. The number of nitrogens with zero attached hydrogens (tertiary/aromatic N) is 3. The number of anilines is 1. The van der Waals surface area contributed by atoms with Crippen molar-refractivity contribution in [2.75, 3.05) is 31.1 Å². The maximum absolute atomic E-state index is 13.3. The monoisotopic (exact) mass is 443 g/mol. The normalized spacial score (nSPS) is 14.0. The van der Waals surface area contributed by atoms with E-state index < -0.39 is 0 Å². The van der Waals surface area contributed by atoms with Gasteiger partial charge in [0.2, 0.25) is 0 Å². The van der Waals surface area contributed by atoms with Crippen molar-refractivity contribution in [2.45, 2.75) is 13.3 Å². The molecule has 5 nitrogen and oxygen atoms in total. The van der Waals surface area contributed by atoms with E-state index in [4.69, 9.17) is 9.72 Å². The molecular weight excluding hydrogens is 418 g/mol. The molecule has 0 aliphatic carbocycles. The Hall–Kier alpha value is -3.38. The smallest absolute Gasteiger partial charge is 0.257 e. The number of aromatic nitrogens is 1. The number of para-hydroxylation sites is 2. The van der Waals surface area contributed by atoms with E-state index >= 15 is 0 Å². The molecule has 1 aliphatic heterocycles. The summed E-state index contributed by atoms with van der Waals surface area (Å²) in [5.41, 5.74) is 2.98. The minimum Gasteiger partial charge on any atom is -0.457 e. The maximum Gasteiger partial charge on any atom is 0.257 e. The van der Waals surface area contributed by atoms with E-state index in [-0.39, 0.29) is 5.91 Å². The lowest BCUT2D eigenvalue weighted by Crippen LogP contribution is -2.48. The Morgan fingerprint density at radius 1 is 0.969 bits per heavy atom. The van der Waals surface area contributed by atoms with Crippen LogP contribution in [0.1, 0.15) is 22.8 Å². The van der Waals surface area contributed by atoms with Gasteiger partial charge in [-0.1, -0.05) is 54.7 Å². The first-order valence-electron chi connectivity index (χ1n) is 11.0. The van der Waals surface area contributed by atoms with E-state index in [9.17, 15) is 4.79 Å². The van der Waals surface area contributed by atoms with Gasteiger partial charge >= 0.3 is 0 Å². The van der Waals surface area contributed by atoms with Crippen LogP contribution in [0.3, 0.4) is 0 Å². The summed E-state index contributed by atoms with van der Waals surface area (Å²) in [5.74, 6) is 1.32. The lowest BCUT2D eigenvalue weighted by atomic mass is 10.1. The van der Waals surface area contributed by atoms with Crippen LogP contribution in [0, 0.1) is 0 Å². The second-order valence-corrected chi connectivity index (χ2v) is 8.85. The molecule has 0 unspecified atom stereocenters. The van der Waals surface area contributed by atoms with Gasteiger partial charge in [-0.25, -0.2) is 4.98 Å². The van der Waals surface area contributed by atoms with Gasteiger partial charge in [0.1, 0.15) is 11.5 Å². The number of thiazole rings is 1. The average Bonchev–Trinajstić information content (AvgIpc) is 3.28. The standard InChI is InChI=1S/C26H25N3O2S/c1-2-19-12-13-22-24(18-19)32-26(27-22)29-16-14-28(15-17-29)25(30)21-10-6-7-11-23(21)31-20-8-4-3-5-9-20/h3-13,18H,2,14-17H2,1H3. The van der Waals surface area contributed by atoms with Crippen LogP contribution in [0.2, 0.25) is 0 Å². The average molecular weight is 444 g/mol. The van der Waals surface area contributed by atoms with Crippen molar-refractivity contribution in [1.82, 2.24) is 9.88 Å². The molecule has 1 saturated heterocycles. The van der Waals surface area contributed by atoms with Gasteiger partial charge in [-0.15, -0.1) is 0 Å². The summed E-state index contributed by atoms with van der Waals surface area (Å²) in [6.07, 6.45) is 1.03. The number of ether oxygens (including phenoxy) is 1. The molecule has 1 amide bonds. The number of aryl methyl sites for hydroxylation is 1. The fourth-order valence-electron chi connectivity index (χ4n) is 3.93. The van der Waals surface area contributed by atoms with Crippen LogP contribution >= 0.6 is 11.3 Å². The van der Waals surface area contributed by atoms with Crippen molar-refractivity contribution in [3.8, 4) is 11.5 Å². The van der Waals surface area contributed by atoms with Crippen LogP contribution in [-0.2, 0) is 6.42 Å². The molecule has 6 heteroatoms. The Morgan fingerprint density at radius 2 is 1.72 bits per heavy atom. The first kappa shape index (κ1) is 20.5. The summed E-state index contributed by atoms with van der Waals surface area (Å²) < 4.78 is 7.22. The molecule has 0 bridgehead atoms. The summed E-state index contributed by atoms with van der Waals surface area (Å²) in [7, 11) is 0. The van der Waals surface area contributed by atoms with E-state index in [1.54, 1.807) is 11.3 Å². The summed E-state index contributed by atoms with van der Waals surface area (Å²) in [5, 5.41) is 1.04. The predicted molar refractivity (Wildman–Crippen MR) is 130 cm³/mol. The number of amides is 1. The number of hydrogen-bond donors (Lipinski definition) is 0. The molecular formula is C26H25N3O2S. The molecule has 0 spiro atoms. The van der Waals surface area contributed by atoms with Crippen molar-refractivity contribution < 1.29 is 9.53 Å². The number of carbonyl (C=O) groups is 1. The van der Waals surface area contributed by atoms with Crippen molar-refractivity contribution in [2.24, 2.45) is 0 Å². The second-order valence-electron chi connectivity index (χ2n) is 7.84. The first-order chi connectivity index (χ1) is 15.7. The van der Waals surface area contributed by atoms with E-state index in [0.717, 1.165) is 35.9 Å². The van der Waals surface area contributed by atoms with Gasteiger partial charge in [0.05, 0.1) is 15.8 Å². The topological polar surface area (TPSA) is 45.7 Å². The minimum absolute atomic E-state index is 0.00747. The van der Waals surface area contributed by atoms with Crippen molar-refractivity contribution >= 4 is 32.6 Å². The van der Waals surface area contributed by atoms with Gasteiger partial charge < -0.3 is 14.5 Å². The molecule has 2 heterocycles. The number of benzene rings is 3. The lowest BCUT2D eigenvalue weighted by Gasteiger charge is -2.34. The molecule has 162 valence electrons. The van der Waals surface area contributed by atoms with Crippen molar-refractivity contribution in [1.29, 1.82) is 0 Å². The molecule has 1 aromatic heterocycles. The Bertz CT molecular complexity index is 1230. The van der Waals surface area contributed by atoms with E-state index in [2.05, 4.69) is 30.0 Å². The number of piperazine rings is 1. The second kappa shape index (κ2) is 9.01. The maximum atomic E-state index is 13.3. The molecule has 0 radical (unpaired) electrons. The highest BCUT2D eigenvalue weighted by Crippen LogP contribution is 2.31. The Labute approximate surface area is 191 Å². The third-order valence-corrected chi connectivity index (χ3v) is 6.85. The first-order valence-corrected chi connectivity index (χ1v) is 11.8. The zero-order valence-corrected chi connectivity index (χ0v) is 18.8. The minimum atomic E-state index is 0.00747. The van der Waals surface area contributed by atoms with Gasteiger partial charge in [-0.2, -0.15) is 0 Å². The quantitative estimate of drug-likeness (QED) is 0.402. The molecule has 4 aromatic rings.